The average Bonchev–Trinajstić information content (AvgIpc) is 2.69. The molecule has 0 aromatic heterocycles. The van der Waals surface area contributed by atoms with E-state index in [-0.39, 0.29) is 11.8 Å². The Hall–Kier alpha value is -1.92. The van der Waals surface area contributed by atoms with Crippen LogP contribution in [0, 0.1) is 0 Å². The highest BCUT2D eigenvalue weighted by molar-refractivity contribution is 5.94. The van der Waals surface area contributed by atoms with Crippen molar-refractivity contribution in [2.75, 3.05) is 52.4 Å². The van der Waals surface area contributed by atoms with E-state index >= 15 is 0 Å². The molecule has 3 rings (SSSR count). The lowest BCUT2D eigenvalue weighted by Crippen LogP contribution is -2.52. The maximum absolute atomic E-state index is 12.5. The second-order valence-electron chi connectivity index (χ2n) is 7.21. The lowest BCUT2D eigenvalue weighted by atomic mass is 10.1. The number of piperazine rings is 1. The van der Waals surface area contributed by atoms with Gasteiger partial charge in [-0.2, -0.15) is 0 Å². The Bertz CT molecular complexity index is 591. The lowest BCUT2D eigenvalue weighted by Gasteiger charge is -2.35. The van der Waals surface area contributed by atoms with Gasteiger partial charge in [0.15, 0.2) is 0 Å². The van der Waals surface area contributed by atoms with E-state index < -0.39 is 0 Å². The minimum absolute atomic E-state index is 0.0809. The highest BCUT2D eigenvalue weighted by atomic mass is 16.2. The first kappa shape index (κ1) is 18.9. The van der Waals surface area contributed by atoms with Crippen LogP contribution in [0.1, 0.15) is 30.1 Å². The number of nitrogens with one attached hydrogen (secondary N) is 1. The van der Waals surface area contributed by atoms with E-state index in [2.05, 4.69) is 22.0 Å². The van der Waals surface area contributed by atoms with E-state index in [1.165, 1.54) is 0 Å². The number of carbonyl (C=O) groups excluding carboxylic acids is 2. The lowest BCUT2D eigenvalue weighted by molar-refractivity contribution is -0.123. The zero-order valence-electron chi connectivity index (χ0n) is 15.7. The highest BCUT2D eigenvalue weighted by Crippen LogP contribution is 2.11. The molecule has 0 saturated carbocycles. The van der Waals surface area contributed by atoms with E-state index in [0.717, 1.165) is 51.1 Å². The number of piperidine rings is 1. The van der Waals surface area contributed by atoms with Crippen molar-refractivity contribution in [3.8, 4) is 0 Å². The third kappa shape index (κ3) is 5.05. The van der Waals surface area contributed by atoms with Crippen molar-refractivity contribution in [3.63, 3.8) is 0 Å². The normalized spacial score (nSPS) is 20.1. The molecule has 2 aliphatic heterocycles. The van der Waals surface area contributed by atoms with Crippen molar-refractivity contribution >= 4 is 11.8 Å². The van der Waals surface area contributed by atoms with Crippen molar-refractivity contribution in [2.45, 2.75) is 25.8 Å². The molecule has 1 aromatic carbocycles. The molecule has 1 N–H and O–H groups in total. The minimum Gasteiger partial charge on any atom is -0.352 e. The molecule has 2 fully saturated rings. The van der Waals surface area contributed by atoms with Crippen LogP contribution < -0.4 is 5.32 Å². The van der Waals surface area contributed by atoms with Crippen LogP contribution in [-0.2, 0) is 4.79 Å². The summed E-state index contributed by atoms with van der Waals surface area (Å²) in [6, 6.07) is 9.71. The van der Waals surface area contributed by atoms with Crippen molar-refractivity contribution < 1.29 is 9.59 Å². The Balaban J connectivity index is 1.38. The number of rotatable bonds is 5. The van der Waals surface area contributed by atoms with Crippen molar-refractivity contribution in [1.82, 2.24) is 20.0 Å². The van der Waals surface area contributed by atoms with E-state index in [4.69, 9.17) is 0 Å². The van der Waals surface area contributed by atoms with Gasteiger partial charge in [-0.15, -0.1) is 0 Å². The Morgan fingerprint density at radius 2 is 1.62 bits per heavy atom. The summed E-state index contributed by atoms with van der Waals surface area (Å²) >= 11 is 0. The van der Waals surface area contributed by atoms with Gasteiger partial charge in [-0.05, 0) is 31.5 Å². The van der Waals surface area contributed by atoms with Crippen LogP contribution in [0.15, 0.2) is 30.3 Å². The second kappa shape index (κ2) is 9.14. The van der Waals surface area contributed by atoms with Gasteiger partial charge in [0, 0.05) is 50.9 Å². The third-order valence-electron chi connectivity index (χ3n) is 5.45. The molecule has 1 aromatic rings. The Morgan fingerprint density at radius 1 is 0.962 bits per heavy atom. The molecule has 0 atom stereocenters. The summed E-state index contributed by atoms with van der Waals surface area (Å²) in [5.41, 5.74) is 0.733. The highest BCUT2D eigenvalue weighted by Gasteiger charge is 2.24. The number of hydrogen-bond acceptors (Lipinski definition) is 4. The van der Waals surface area contributed by atoms with E-state index in [0.29, 0.717) is 25.7 Å². The quantitative estimate of drug-likeness (QED) is 0.855. The number of carbonyl (C=O) groups is 2. The van der Waals surface area contributed by atoms with Gasteiger partial charge in [-0.25, -0.2) is 0 Å². The molecule has 6 heteroatoms. The third-order valence-corrected chi connectivity index (χ3v) is 5.45. The molecule has 2 amide bonds. The molecule has 142 valence electrons. The van der Waals surface area contributed by atoms with Crippen LogP contribution in [0.4, 0.5) is 0 Å². The van der Waals surface area contributed by atoms with Crippen LogP contribution >= 0.6 is 0 Å². The predicted molar refractivity (Wildman–Crippen MR) is 102 cm³/mol. The summed E-state index contributed by atoms with van der Waals surface area (Å²) in [6.45, 7) is 8.70. The molecule has 0 bridgehead atoms. The Labute approximate surface area is 156 Å². The van der Waals surface area contributed by atoms with E-state index in [1.807, 2.05) is 35.2 Å². The van der Waals surface area contributed by atoms with E-state index in [9.17, 15) is 9.59 Å². The van der Waals surface area contributed by atoms with E-state index in [1.54, 1.807) is 0 Å². The topological polar surface area (TPSA) is 55.9 Å². The SMILES string of the molecule is CCN1CCC(NC(=O)CN2CCN(C(=O)c3ccccc3)CC2)CC1. The zero-order chi connectivity index (χ0) is 18.4. The van der Waals surface area contributed by atoms with Gasteiger partial charge >= 0.3 is 0 Å². The van der Waals surface area contributed by atoms with Crippen molar-refractivity contribution in [2.24, 2.45) is 0 Å². The molecule has 0 spiro atoms. The van der Waals surface area contributed by atoms with Gasteiger partial charge in [-0.3, -0.25) is 14.5 Å². The molecule has 2 aliphatic rings. The summed E-state index contributed by atoms with van der Waals surface area (Å²) in [7, 11) is 0. The molecular weight excluding hydrogens is 328 g/mol. The monoisotopic (exact) mass is 358 g/mol. The molecule has 2 saturated heterocycles. The zero-order valence-corrected chi connectivity index (χ0v) is 15.7. The molecule has 0 aliphatic carbocycles. The van der Waals surface area contributed by atoms with Gasteiger partial charge in [0.05, 0.1) is 6.54 Å². The number of amides is 2. The number of hydrogen-bond donors (Lipinski definition) is 1. The largest absolute Gasteiger partial charge is 0.352 e. The molecule has 0 unspecified atom stereocenters. The Morgan fingerprint density at radius 3 is 2.23 bits per heavy atom. The number of benzene rings is 1. The summed E-state index contributed by atoms with van der Waals surface area (Å²) in [4.78, 5) is 31.2. The van der Waals surface area contributed by atoms with Crippen molar-refractivity contribution in [3.05, 3.63) is 35.9 Å². The van der Waals surface area contributed by atoms with Crippen LogP contribution in [0.3, 0.4) is 0 Å². The fraction of sp³-hybridized carbons (Fsp3) is 0.600. The van der Waals surface area contributed by atoms with Gasteiger partial charge in [0.1, 0.15) is 0 Å². The molecule has 0 radical (unpaired) electrons. The molecular formula is C20H30N4O2. The Kier molecular flexibility index (Phi) is 6.63. The number of likely N-dealkylation sites (tertiary alicyclic amines) is 1. The standard InChI is InChI=1S/C20H30N4O2/c1-2-22-10-8-18(9-11-22)21-19(25)16-23-12-14-24(15-13-23)20(26)17-6-4-3-5-7-17/h3-7,18H,2,8-16H2,1H3,(H,21,25). The molecule has 6 nitrogen and oxygen atoms in total. The summed E-state index contributed by atoms with van der Waals surface area (Å²) in [6.07, 6.45) is 2.08. The summed E-state index contributed by atoms with van der Waals surface area (Å²) < 4.78 is 0. The first-order chi connectivity index (χ1) is 12.7. The fourth-order valence-corrected chi connectivity index (χ4v) is 3.74. The van der Waals surface area contributed by atoms with Gasteiger partial charge in [0.2, 0.25) is 5.91 Å². The van der Waals surface area contributed by atoms with Crippen LogP contribution in [-0.4, -0.2) is 84.9 Å². The smallest absolute Gasteiger partial charge is 0.253 e. The summed E-state index contributed by atoms with van der Waals surface area (Å²) in [5.74, 6) is 0.195. The molecule has 2 heterocycles. The van der Waals surface area contributed by atoms with Crippen molar-refractivity contribution in [1.29, 1.82) is 0 Å². The van der Waals surface area contributed by atoms with Gasteiger partial charge < -0.3 is 15.1 Å². The average molecular weight is 358 g/mol. The predicted octanol–water partition coefficient (Wildman–Crippen LogP) is 1.04. The second-order valence-corrected chi connectivity index (χ2v) is 7.21. The van der Waals surface area contributed by atoms with Crippen LogP contribution in [0.2, 0.25) is 0 Å². The molecule has 26 heavy (non-hydrogen) atoms. The van der Waals surface area contributed by atoms with Gasteiger partial charge in [-0.1, -0.05) is 25.1 Å². The maximum Gasteiger partial charge on any atom is 0.253 e. The fourth-order valence-electron chi connectivity index (χ4n) is 3.74. The maximum atomic E-state index is 12.5. The first-order valence-electron chi connectivity index (χ1n) is 9.74. The van der Waals surface area contributed by atoms with Crippen LogP contribution in [0.25, 0.3) is 0 Å². The first-order valence-corrected chi connectivity index (χ1v) is 9.74. The number of nitrogens with zero attached hydrogens (tertiary/aromatic N) is 3. The summed E-state index contributed by atoms with van der Waals surface area (Å²) in [5, 5.41) is 3.18. The van der Waals surface area contributed by atoms with Gasteiger partial charge in [0.25, 0.3) is 5.91 Å². The van der Waals surface area contributed by atoms with Crippen LogP contribution in [0.5, 0.6) is 0 Å². The minimum atomic E-state index is 0.0809.